The molecule has 3 heterocycles. The van der Waals surface area contributed by atoms with E-state index in [-0.39, 0.29) is 37.6 Å². The van der Waals surface area contributed by atoms with Crippen LogP contribution in [0.4, 0.5) is 0 Å². The van der Waals surface area contributed by atoms with E-state index in [2.05, 4.69) is 5.32 Å². The van der Waals surface area contributed by atoms with Crippen molar-refractivity contribution < 1.29 is 43.2 Å². The fraction of sp³-hybridized carbons (Fsp3) is 0.500. The zero-order valence-corrected chi connectivity index (χ0v) is 25.4. The van der Waals surface area contributed by atoms with E-state index in [1.54, 1.807) is 34.1 Å². The number of ether oxygens (including phenoxy) is 6. The molecule has 0 spiro atoms. The number of benzene rings is 2. The Morgan fingerprint density at radius 2 is 1.56 bits per heavy atom. The molecule has 1 N–H and O–H groups in total. The molecule has 0 aromatic heterocycles. The van der Waals surface area contributed by atoms with Gasteiger partial charge in [-0.2, -0.15) is 0 Å². The van der Waals surface area contributed by atoms with Gasteiger partial charge in [-0.1, -0.05) is 6.08 Å². The maximum Gasteiger partial charge on any atom is 0.310 e. The summed E-state index contributed by atoms with van der Waals surface area (Å²) < 4.78 is 34.0. The number of amides is 1. The van der Waals surface area contributed by atoms with Crippen molar-refractivity contribution >= 4 is 11.9 Å². The van der Waals surface area contributed by atoms with Crippen LogP contribution in [0.3, 0.4) is 0 Å². The Kier molecular flexibility index (Phi) is 7.00. The average molecular weight is 594 g/mol. The molecule has 43 heavy (non-hydrogen) atoms. The minimum Gasteiger partial charge on any atom is -0.493 e. The van der Waals surface area contributed by atoms with Crippen molar-refractivity contribution in [2.75, 3.05) is 34.7 Å². The van der Waals surface area contributed by atoms with Crippen molar-refractivity contribution in [3.05, 3.63) is 52.6 Å². The van der Waals surface area contributed by atoms with E-state index in [4.69, 9.17) is 28.4 Å². The van der Waals surface area contributed by atoms with Crippen molar-refractivity contribution in [1.82, 2.24) is 10.4 Å². The van der Waals surface area contributed by atoms with Crippen LogP contribution in [0.25, 0.3) is 0 Å². The summed E-state index contributed by atoms with van der Waals surface area (Å²) in [6.45, 7) is 7.47. The summed E-state index contributed by atoms with van der Waals surface area (Å²) in [5.41, 5.74) is 1.26. The van der Waals surface area contributed by atoms with Gasteiger partial charge in [0.15, 0.2) is 23.0 Å². The topological polar surface area (TPSA) is 125 Å². The normalized spacial score (nSPS) is 26.5. The highest BCUT2D eigenvalue weighted by atomic mass is 16.7. The monoisotopic (exact) mass is 593 g/mol. The number of hydrogen-bond donors (Lipinski definition) is 1. The maximum atomic E-state index is 13.9. The number of cyclic esters (lactones) is 1. The molecule has 1 amide bonds. The third-order valence-electron chi connectivity index (χ3n) is 9.04. The maximum absolute atomic E-state index is 13.9. The number of nitrogens with one attached hydrogen (secondary N) is 1. The third kappa shape index (κ3) is 4.65. The minimum atomic E-state index is -0.864. The Balaban J connectivity index is 1.48. The first-order valence-electron chi connectivity index (χ1n) is 14.3. The van der Waals surface area contributed by atoms with Gasteiger partial charge in [0.1, 0.15) is 0 Å². The Labute approximate surface area is 250 Å². The van der Waals surface area contributed by atoms with Crippen LogP contribution in [0.1, 0.15) is 62.8 Å². The van der Waals surface area contributed by atoms with Crippen LogP contribution in [0.5, 0.6) is 28.7 Å². The predicted molar refractivity (Wildman–Crippen MR) is 153 cm³/mol. The molecule has 0 unspecified atom stereocenters. The van der Waals surface area contributed by atoms with Crippen LogP contribution < -0.4 is 29.0 Å². The second-order valence-corrected chi connectivity index (χ2v) is 12.6. The number of esters is 1. The molecular weight excluding hydrogens is 556 g/mol. The summed E-state index contributed by atoms with van der Waals surface area (Å²) in [7, 11) is 4.62. The van der Waals surface area contributed by atoms with Crippen LogP contribution in [0.2, 0.25) is 0 Å². The average Bonchev–Trinajstić information content (AvgIpc) is 3.59. The third-order valence-corrected chi connectivity index (χ3v) is 9.04. The highest BCUT2D eigenvalue weighted by molar-refractivity contribution is 5.94. The lowest BCUT2D eigenvalue weighted by molar-refractivity contribution is -0.263. The largest absolute Gasteiger partial charge is 0.493 e. The predicted octanol–water partition coefficient (Wildman–Crippen LogP) is 4.07. The van der Waals surface area contributed by atoms with Gasteiger partial charge in [0, 0.05) is 22.9 Å². The van der Waals surface area contributed by atoms with Crippen LogP contribution >= 0.6 is 0 Å². The molecule has 1 radical (unpaired) electrons. The van der Waals surface area contributed by atoms with Crippen molar-refractivity contribution in [3.63, 3.8) is 0 Å². The second kappa shape index (κ2) is 10.3. The molecule has 4 atom stereocenters. The smallest absolute Gasteiger partial charge is 0.310 e. The number of fused-ring (bicyclic) bond motifs is 3. The fourth-order valence-electron chi connectivity index (χ4n) is 7.26. The van der Waals surface area contributed by atoms with Gasteiger partial charge in [0.05, 0.1) is 45.4 Å². The Bertz CT molecular complexity index is 1490. The molecule has 2 aromatic carbocycles. The van der Waals surface area contributed by atoms with Gasteiger partial charge in [-0.3, -0.25) is 9.59 Å². The fourth-order valence-corrected chi connectivity index (χ4v) is 7.26. The minimum absolute atomic E-state index is 0.0712. The van der Waals surface area contributed by atoms with E-state index in [1.807, 2.05) is 38.1 Å². The summed E-state index contributed by atoms with van der Waals surface area (Å²) in [5.74, 6) is 0.368. The van der Waals surface area contributed by atoms with E-state index in [1.165, 1.54) is 7.11 Å². The van der Waals surface area contributed by atoms with Crippen molar-refractivity contribution in [2.24, 2.45) is 11.8 Å². The first kappa shape index (κ1) is 29.1. The molecule has 1 aliphatic carbocycles. The molecule has 2 aromatic rings. The molecular formula is C32H37N2O9. The van der Waals surface area contributed by atoms with Crippen molar-refractivity contribution in [2.45, 2.75) is 57.2 Å². The molecule has 0 saturated carbocycles. The molecule has 1 saturated heterocycles. The molecule has 1 fully saturated rings. The number of hydrogen-bond acceptors (Lipinski definition) is 9. The van der Waals surface area contributed by atoms with Crippen LogP contribution in [0, 0.1) is 11.8 Å². The van der Waals surface area contributed by atoms with Crippen molar-refractivity contribution in [1.29, 1.82) is 0 Å². The summed E-state index contributed by atoms with van der Waals surface area (Å²) >= 11 is 0. The van der Waals surface area contributed by atoms with E-state index < -0.39 is 29.0 Å². The highest BCUT2D eigenvalue weighted by Crippen LogP contribution is 2.55. The van der Waals surface area contributed by atoms with Gasteiger partial charge in [0.25, 0.3) is 0 Å². The molecule has 11 nitrogen and oxygen atoms in total. The van der Waals surface area contributed by atoms with Crippen LogP contribution in [0.15, 0.2) is 35.9 Å². The number of rotatable bonds is 6. The molecule has 0 bridgehead atoms. The number of carbonyl (C=O) groups is 2. The molecule has 4 aliphatic rings. The SMILES string of the molecule is COc1cc([C@@H]2c3cc4c(cc3[C@@H](NC(=O)C3=CC(C)(C)N([O])C(C)(C)C3)[C@H]3COC(=O)[C@H]23)OCO4)cc(OC)c1OC. The second-order valence-electron chi connectivity index (χ2n) is 12.6. The van der Waals surface area contributed by atoms with Gasteiger partial charge >= 0.3 is 5.97 Å². The lowest BCUT2D eigenvalue weighted by Crippen LogP contribution is -2.56. The summed E-state index contributed by atoms with van der Waals surface area (Å²) in [5, 5.41) is 17.2. The summed E-state index contributed by atoms with van der Waals surface area (Å²) in [4.78, 5) is 27.4. The van der Waals surface area contributed by atoms with E-state index in [0.29, 0.717) is 34.3 Å². The number of carbonyl (C=O) groups excluding carboxylic acids is 2. The van der Waals surface area contributed by atoms with Crippen molar-refractivity contribution in [3.8, 4) is 28.7 Å². The standard InChI is InChI=1S/C32H37N2O9/c1-31(2)12-17(13-32(3,4)34(31)37)29(35)33-27-19-11-22-21(42-15-43-22)10-18(19)25(26-20(27)14-41-30(26)36)16-8-23(38-5)28(40-7)24(9-16)39-6/h8-12,20,25-27H,13-15H2,1-7H3,(H,33,35)/t20-,25+,26-,27+/m0/s1. The van der Waals surface area contributed by atoms with Gasteiger partial charge in [-0.15, -0.1) is 10.3 Å². The Hall–Kier alpha value is -3.96. The summed E-state index contributed by atoms with van der Waals surface area (Å²) in [6.07, 6.45) is 2.01. The first-order chi connectivity index (χ1) is 20.4. The van der Waals surface area contributed by atoms with E-state index in [0.717, 1.165) is 21.8 Å². The molecule has 11 heteroatoms. The van der Waals surface area contributed by atoms with Gasteiger partial charge in [-0.05, 0) is 75.1 Å². The highest BCUT2D eigenvalue weighted by Gasteiger charge is 2.53. The lowest BCUT2D eigenvalue weighted by atomic mass is 9.65. The first-order valence-corrected chi connectivity index (χ1v) is 14.3. The van der Waals surface area contributed by atoms with Gasteiger partial charge in [-0.25, -0.2) is 0 Å². The lowest BCUT2D eigenvalue weighted by Gasteiger charge is -2.45. The quantitative estimate of drug-likeness (QED) is 0.494. The van der Waals surface area contributed by atoms with Crippen LogP contribution in [-0.2, 0) is 19.5 Å². The Morgan fingerprint density at radius 1 is 0.930 bits per heavy atom. The zero-order chi connectivity index (χ0) is 30.8. The van der Waals surface area contributed by atoms with Gasteiger partial charge < -0.3 is 33.7 Å². The zero-order valence-electron chi connectivity index (χ0n) is 25.4. The molecule has 229 valence electrons. The summed E-state index contributed by atoms with van der Waals surface area (Å²) in [6, 6.07) is 6.88. The number of hydroxylamine groups is 2. The van der Waals surface area contributed by atoms with Crippen LogP contribution in [-0.4, -0.2) is 62.7 Å². The number of methoxy groups -OCH3 is 3. The molecule has 3 aliphatic heterocycles. The van der Waals surface area contributed by atoms with Gasteiger partial charge in [0.2, 0.25) is 18.4 Å². The number of nitrogens with zero attached hydrogens (tertiary/aromatic N) is 1. The van der Waals surface area contributed by atoms with E-state index in [9.17, 15) is 14.8 Å². The van der Waals surface area contributed by atoms with E-state index >= 15 is 0 Å². The molecule has 6 rings (SSSR count). The Morgan fingerprint density at radius 3 is 2.14 bits per heavy atom.